The maximum absolute atomic E-state index is 10.5. The van der Waals surface area contributed by atoms with Gasteiger partial charge in [-0.3, -0.25) is 5.21 Å². The van der Waals surface area contributed by atoms with E-state index in [0.717, 1.165) is 4.88 Å². The molecule has 0 aliphatic carbocycles. The zero-order valence-corrected chi connectivity index (χ0v) is 10.5. The maximum Gasteiger partial charge on any atom is 0.338 e. The van der Waals surface area contributed by atoms with Crippen molar-refractivity contribution < 1.29 is 14.7 Å². The van der Waals surface area contributed by atoms with Crippen LogP contribution in [0.2, 0.25) is 0 Å². The van der Waals surface area contributed by atoms with Gasteiger partial charge in [0.15, 0.2) is 0 Å². The number of carbonyl (C=O) groups excluding carboxylic acids is 1. The van der Waals surface area contributed by atoms with Crippen molar-refractivity contribution in [3.8, 4) is 0 Å². The third kappa shape index (κ3) is 3.19. The minimum atomic E-state index is -0.875. The quantitative estimate of drug-likeness (QED) is 0.495. The Bertz CT molecular complexity index is 508. The van der Waals surface area contributed by atoms with Crippen molar-refractivity contribution in [2.75, 3.05) is 13.2 Å². The van der Waals surface area contributed by atoms with E-state index in [0.29, 0.717) is 11.7 Å². The summed E-state index contributed by atoms with van der Waals surface area (Å²) in [4.78, 5) is 11.6. The molecule has 0 aliphatic rings. The largest absolute Gasteiger partial charge is 0.374 e. The Morgan fingerprint density at radius 1 is 1.44 bits per heavy atom. The highest BCUT2D eigenvalue weighted by molar-refractivity contribution is 7.19. The number of fused-ring (bicyclic) bond motifs is 1. The van der Waals surface area contributed by atoms with E-state index in [4.69, 9.17) is 15.7 Å². The van der Waals surface area contributed by atoms with Crippen molar-refractivity contribution in [2.45, 2.75) is 6.61 Å². The summed E-state index contributed by atoms with van der Waals surface area (Å²) in [5.74, 6) is 0. The molecule has 0 atom stereocenters. The number of thiophene rings is 1. The number of primary amides is 1. The predicted molar refractivity (Wildman–Crippen MR) is 69.6 cm³/mol. The molecule has 1 heterocycles. The van der Waals surface area contributed by atoms with Crippen LogP contribution in [0.1, 0.15) is 4.88 Å². The van der Waals surface area contributed by atoms with Crippen LogP contribution in [0.5, 0.6) is 0 Å². The van der Waals surface area contributed by atoms with Gasteiger partial charge in [0.25, 0.3) is 0 Å². The van der Waals surface area contributed by atoms with Gasteiger partial charge in [-0.25, -0.2) is 9.86 Å². The van der Waals surface area contributed by atoms with Crippen LogP contribution in [0.15, 0.2) is 30.3 Å². The van der Waals surface area contributed by atoms with Gasteiger partial charge in [0.05, 0.1) is 19.8 Å². The standard InChI is InChI=1S/C12H14N2O3S/c13-12(15)14(16)5-6-17-8-10-7-9-3-1-2-4-11(9)18-10/h1-4,7,16H,5-6,8H2,(H2,13,15). The molecule has 1 aromatic heterocycles. The molecule has 0 radical (unpaired) electrons. The zero-order chi connectivity index (χ0) is 13.0. The lowest BCUT2D eigenvalue weighted by molar-refractivity contribution is -0.0578. The third-order valence-corrected chi connectivity index (χ3v) is 3.51. The number of amides is 2. The molecular weight excluding hydrogens is 252 g/mol. The van der Waals surface area contributed by atoms with Crippen LogP contribution >= 0.6 is 11.3 Å². The normalized spacial score (nSPS) is 10.7. The molecule has 3 N–H and O–H groups in total. The Kier molecular flexibility index (Phi) is 4.14. The number of ether oxygens (including phenoxy) is 1. The van der Waals surface area contributed by atoms with Crippen LogP contribution in [0.3, 0.4) is 0 Å². The molecule has 2 aromatic rings. The molecule has 0 spiro atoms. The first-order valence-corrected chi connectivity index (χ1v) is 6.29. The van der Waals surface area contributed by atoms with Crippen LogP contribution in [-0.4, -0.2) is 29.5 Å². The molecule has 0 fully saturated rings. The molecule has 0 aliphatic heterocycles. The monoisotopic (exact) mass is 266 g/mol. The van der Waals surface area contributed by atoms with Gasteiger partial charge in [-0.1, -0.05) is 18.2 Å². The summed E-state index contributed by atoms with van der Waals surface area (Å²) in [5, 5.41) is 10.7. The van der Waals surface area contributed by atoms with Gasteiger partial charge in [-0.2, -0.15) is 0 Å². The Hall–Kier alpha value is -1.63. The number of carbonyl (C=O) groups is 1. The number of urea groups is 1. The molecular formula is C12H14N2O3S. The number of nitrogens with zero attached hydrogens (tertiary/aromatic N) is 1. The second-order valence-electron chi connectivity index (χ2n) is 3.76. The highest BCUT2D eigenvalue weighted by Crippen LogP contribution is 2.25. The number of hydrogen-bond donors (Lipinski definition) is 2. The Labute approximate surface area is 108 Å². The van der Waals surface area contributed by atoms with Crippen molar-refractivity contribution in [2.24, 2.45) is 5.73 Å². The lowest BCUT2D eigenvalue weighted by atomic mass is 10.2. The lowest BCUT2D eigenvalue weighted by Crippen LogP contribution is -2.35. The number of benzene rings is 1. The van der Waals surface area contributed by atoms with Crippen LogP contribution in [-0.2, 0) is 11.3 Å². The minimum Gasteiger partial charge on any atom is -0.374 e. The topological polar surface area (TPSA) is 75.8 Å². The first-order chi connectivity index (χ1) is 8.66. The fourth-order valence-electron chi connectivity index (χ4n) is 1.54. The van der Waals surface area contributed by atoms with Crippen molar-refractivity contribution >= 4 is 27.5 Å². The fraction of sp³-hybridized carbons (Fsp3) is 0.250. The summed E-state index contributed by atoms with van der Waals surface area (Å²) >= 11 is 1.67. The Balaban J connectivity index is 1.81. The van der Waals surface area contributed by atoms with Gasteiger partial charge in [0.2, 0.25) is 0 Å². The summed E-state index contributed by atoms with van der Waals surface area (Å²) < 4.78 is 6.59. The summed E-state index contributed by atoms with van der Waals surface area (Å²) in [7, 11) is 0. The predicted octanol–water partition coefficient (Wildman–Crippen LogP) is 2.19. The molecule has 5 nitrogen and oxygen atoms in total. The Morgan fingerprint density at radius 3 is 2.94 bits per heavy atom. The van der Waals surface area contributed by atoms with Crippen molar-refractivity contribution in [3.05, 3.63) is 35.2 Å². The number of nitrogens with two attached hydrogens (primary N) is 1. The van der Waals surface area contributed by atoms with Crippen molar-refractivity contribution in [1.29, 1.82) is 0 Å². The van der Waals surface area contributed by atoms with E-state index in [2.05, 4.69) is 18.2 Å². The zero-order valence-electron chi connectivity index (χ0n) is 9.70. The Morgan fingerprint density at radius 2 is 2.22 bits per heavy atom. The number of hydroxylamine groups is 2. The summed E-state index contributed by atoms with van der Waals surface area (Å²) in [6.45, 7) is 0.778. The highest BCUT2D eigenvalue weighted by atomic mass is 32.1. The lowest BCUT2D eigenvalue weighted by Gasteiger charge is -2.11. The minimum absolute atomic E-state index is 0.0697. The molecule has 6 heteroatoms. The fourth-order valence-corrected chi connectivity index (χ4v) is 2.54. The molecule has 0 bridgehead atoms. The van der Waals surface area contributed by atoms with E-state index in [-0.39, 0.29) is 13.2 Å². The van der Waals surface area contributed by atoms with E-state index in [1.54, 1.807) is 11.3 Å². The molecule has 1 aromatic carbocycles. The van der Waals surface area contributed by atoms with Crippen LogP contribution < -0.4 is 5.73 Å². The average Bonchev–Trinajstić information content (AvgIpc) is 2.76. The van der Waals surface area contributed by atoms with Gasteiger partial charge in [-0.15, -0.1) is 11.3 Å². The van der Waals surface area contributed by atoms with E-state index < -0.39 is 6.03 Å². The summed E-state index contributed by atoms with van der Waals surface area (Å²) in [6, 6.07) is 9.31. The molecule has 0 saturated heterocycles. The molecule has 96 valence electrons. The van der Waals surface area contributed by atoms with E-state index in [1.807, 2.05) is 12.1 Å². The number of rotatable bonds is 5. The van der Waals surface area contributed by atoms with E-state index >= 15 is 0 Å². The van der Waals surface area contributed by atoms with Crippen molar-refractivity contribution in [1.82, 2.24) is 5.06 Å². The van der Waals surface area contributed by atoms with Gasteiger partial charge < -0.3 is 10.5 Å². The number of hydrogen-bond acceptors (Lipinski definition) is 4. The van der Waals surface area contributed by atoms with Gasteiger partial charge in [0, 0.05) is 9.58 Å². The molecule has 18 heavy (non-hydrogen) atoms. The van der Waals surface area contributed by atoms with E-state index in [9.17, 15) is 4.79 Å². The van der Waals surface area contributed by atoms with Gasteiger partial charge >= 0.3 is 6.03 Å². The molecule has 0 unspecified atom stereocenters. The maximum atomic E-state index is 10.5. The van der Waals surface area contributed by atoms with Crippen LogP contribution in [0.4, 0.5) is 4.79 Å². The third-order valence-electron chi connectivity index (χ3n) is 2.42. The second-order valence-corrected chi connectivity index (χ2v) is 4.93. The van der Waals surface area contributed by atoms with Gasteiger partial charge in [0.1, 0.15) is 0 Å². The van der Waals surface area contributed by atoms with E-state index in [1.165, 1.54) is 10.1 Å². The SMILES string of the molecule is NC(=O)N(O)CCOCc1cc2ccccc2s1. The molecule has 0 saturated carbocycles. The highest BCUT2D eigenvalue weighted by Gasteiger charge is 2.05. The van der Waals surface area contributed by atoms with Crippen LogP contribution in [0, 0.1) is 0 Å². The van der Waals surface area contributed by atoms with Crippen molar-refractivity contribution in [3.63, 3.8) is 0 Å². The first kappa shape index (κ1) is 12.8. The second kappa shape index (κ2) is 5.81. The summed E-state index contributed by atoms with van der Waals surface area (Å²) in [5.41, 5.74) is 4.86. The first-order valence-electron chi connectivity index (χ1n) is 5.48. The van der Waals surface area contributed by atoms with Crippen LogP contribution in [0.25, 0.3) is 10.1 Å². The molecule has 2 amide bonds. The average molecular weight is 266 g/mol. The molecule has 2 rings (SSSR count). The smallest absolute Gasteiger partial charge is 0.338 e. The van der Waals surface area contributed by atoms with Gasteiger partial charge in [-0.05, 0) is 17.5 Å². The summed E-state index contributed by atoms with van der Waals surface area (Å²) in [6.07, 6.45) is 0.